The number of aromatic nitrogens is 1. The Hall–Kier alpha value is -1.98. The van der Waals surface area contributed by atoms with Gasteiger partial charge in [0.2, 0.25) is 0 Å². The van der Waals surface area contributed by atoms with Crippen LogP contribution in [-0.2, 0) is 9.53 Å². The number of amides is 1. The highest BCUT2D eigenvalue weighted by Crippen LogP contribution is 2.38. The van der Waals surface area contributed by atoms with Gasteiger partial charge in [-0.3, -0.25) is 9.59 Å². The van der Waals surface area contributed by atoms with Crippen molar-refractivity contribution >= 4 is 17.6 Å². The number of esters is 1. The second-order valence-electron chi connectivity index (χ2n) is 5.77. The van der Waals surface area contributed by atoms with Crippen molar-refractivity contribution < 1.29 is 14.3 Å². The van der Waals surface area contributed by atoms with Crippen molar-refractivity contribution in [2.75, 3.05) is 18.9 Å². The molecule has 21 heavy (non-hydrogen) atoms. The van der Waals surface area contributed by atoms with E-state index in [1.54, 1.807) is 17.9 Å². The van der Waals surface area contributed by atoms with E-state index in [1.807, 2.05) is 10.8 Å². The average Bonchev–Trinajstić information content (AvgIpc) is 3.34. The van der Waals surface area contributed by atoms with Gasteiger partial charge in [0.15, 0.2) is 0 Å². The van der Waals surface area contributed by atoms with E-state index >= 15 is 0 Å². The Bertz CT molecular complexity index is 559. The lowest BCUT2D eigenvalue weighted by atomic mass is 10.3. The minimum absolute atomic E-state index is 0.0209. The Balaban J connectivity index is 1.79. The van der Waals surface area contributed by atoms with Crippen molar-refractivity contribution in [3.63, 3.8) is 0 Å². The number of rotatable bonds is 6. The summed E-state index contributed by atoms with van der Waals surface area (Å²) in [5.41, 5.74) is 7.02. The summed E-state index contributed by atoms with van der Waals surface area (Å²) >= 11 is 0. The van der Waals surface area contributed by atoms with Crippen molar-refractivity contribution in [3.05, 3.63) is 18.0 Å². The number of carbonyl (C=O) groups is 2. The summed E-state index contributed by atoms with van der Waals surface area (Å²) in [6.07, 6.45) is 5.88. The molecule has 2 aliphatic rings. The van der Waals surface area contributed by atoms with Crippen LogP contribution in [0.5, 0.6) is 0 Å². The minimum atomic E-state index is -0.352. The van der Waals surface area contributed by atoms with Crippen molar-refractivity contribution in [3.8, 4) is 0 Å². The van der Waals surface area contributed by atoms with Gasteiger partial charge in [-0.2, -0.15) is 0 Å². The molecule has 6 heteroatoms. The third-order valence-electron chi connectivity index (χ3n) is 3.88. The fourth-order valence-corrected chi connectivity index (χ4v) is 2.57. The minimum Gasteiger partial charge on any atom is -0.465 e. The molecule has 6 nitrogen and oxygen atoms in total. The summed E-state index contributed by atoms with van der Waals surface area (Å²) < 4.78 is 6.92. The molecule has 0 saturated heterocycles. The normalized spacial score (nSPS) is 17.6. The highest BCUT2D eigenvalue weighted by Gasteiger charge is 2.37. The van der Waals surface area contributed by atoms with Crippen molar-refractivity contribution in [2.24, 2.45) is 0 Å². The molecule has 1 amide bonds. The SMILES string of the molecule is CCOC(=O)CN(C(=O)c1cc(N)cn1C1CC1)C1CC1. The Labute approximate surface area is 123 Å². The van der Waals surface area contributed by atoms with Gasteiger partial charge in [0.1, 0.15) is 12.2 Å². The van der Waals surface area contributed by atoms with Crippen LogP contribution in [-0.4, -0.2) is 40.5 Å². The topological polar surface area (TPSA) is 77.6 Å². The van der Waals surface area contributed by atoms with Crippen LogP contribution in [0.4, 0.5) is 5.69 Å². The smallest absolute Gasteiger partial charge is 0.325 e. The highest BCUT2D eigenvalue weighted by molar-refractivity contribution is 5.96. The summed E-state index contributed by atoms with van der Waals surface area (Å²) in [4.78, 5) is 26.1. The van der Waals surface area contributed by atoms with Crippen LogP contribution >= 0.6 is 0 Å². The third-order valence-corrected chi connectivity index (χ3v) is 3.88. The van der Waals surface area contributed by atoms with Crippen LogP contribution in [0, 0.1) is 0 Å². The molecule has 114 valence electrons. The van der Waals surface area contributed by atoms with E-state index in [4.69, 9.17) is 10.5 Å². The van der Waals surface area contributed by atoms with E-state index in [0.717, 1.165) is 25.7 Å². The van der Waals surface area contributed by atoms with Gasteiger partial charge < -0.3 is 19.9 Å². The summed E-state index contributed by atoms with van der Waals surface area (Å²) in [5, 5.41) is 0. The van der Waals surface area contributed by atoms with E-state index < -0.39 is 0 Å². The average molecular weight is 291 g/mol. The van der Waals surface area contributed by atoms with Crippen LogP contribution in [0.3, 0.4) is 0 Å². The third kappa shape index (κ3) is 3.04. The molecule has 2 saturated carbocycles. The molecule has 1 aromatic heterocycles. The maximum absolute atomic E-state index is 12.8. The Kier molecular flexibility index (Phi) is 3.61. The Morgan fingerprint density at radius 2 is 2.10 bits per heavy atom. The molecule has 2 N–H and O–H groups in total. The molecule has 0 aromatic carbocycles. The van der Waals surface area contributed by atoms with Gasteiger partial charge in [-0.05, 0) is 38.7 Å². The van der Waals surface area contributed by atoms with Gasteiger partial charge in [-0.15, -0.1) is 0 Å². The number of nitrogens with two attached hydrogens (primary N) is 1. The first kappa shape index (κ1) is 14.0. The Morgan fingerprint density at radius 1 is 1.38 bits per heavy atom. The zero-order chi connectivity index (χ0) is 15.0. The predicted octanol–water partition coefficient (Wildman–Crippen LogP) is 1.57. The lowest BCUT2D eigenvalue weighted by Gasteiger charge is -2.22. The monoisotopic (exact) mass is 291 g/mol. The number of hydrogen-bond donors (Lipinski definition) is 1. The molecule has 0 spiro atoms. The lowest BCUT2D eigenvalue weighted by molar-refractivity contribution is -0.144. The van der Waals surface area contributed by atoms with Gasteiger partial charge in [0.25, 0.3) is 5.91 Å². The first-order valence-electron chi connectivity index (χ1n) is 7.54. The molecule has 2 fully saturated rings. The first-order chi connectivity index (χ1) is 10.1. The second-order valence-corrected chi connectivity index (χ2v) is 5.77. The molecule has 1 aromatic rings. The fourth-order valence-electron chi connectivity index (χ4n) is 2.57. The van der Waals surface area contributed by atoms with E-state index in [1.165, 1.54) is 0 Å². The van der Waals surface area contributed by atoms with Crippen LogP contribution in [0.25, 0.3) is 0 Å². The maximum Gasteiger partial charge on any atom is 0.325 e. The van der Waals surface area contributed by atoms with Crippen LogP contribution in [0.2, 0.25) is 0 Å². The molecule has 3 rings (SSSR count). The molecular weight excluding hydrogens is 270 g/mol. The maximum atomic E-state index is 12.8. The first-order valence-corrected chi connectivity index (χ1v) is 7.54. The van der Waals surface area contributed by atoms with Crippen LogP contribution < -0.4 is 5.73 Å². The van der Waals surface area contributed by atoms with Crippen molar-refractivity contribution in [2.45, 2.75) is 44.7 Å². The van der Waals surface area contributed by atoms with Crippen molar-refractivity contribution in [1.29, 1.82) is 0 Å². The van der Waals surface area contributed by atoms with Gasteiger partial charge >= 0.3 is 5.97 Å². The molecule has 0 aliphatic heterocycles. The number of nitrogens with zero attached hydrogens (tertiary/aromatic N) is 2. The largest absolute Gasteiger partial charge is 0.465 e. The predicted molar refractivity (Wildman–Crippen MR) is 77.8 cm³/mol. The van der Waals surface area contributed by atoms with Gasteiger partial charge in [-0.1, -0.05) is 0 Å². The number of ether oxygens (including phenoxy) is 1. The standard InChI is InChI=1S/C15H21N3O3/c1-2-21-14(19)9-18(12-5-6-12)15(20)13-7-10(16)8-17(13)11-3-4-11/h7-8,11-12H,2-6,9,16H2,1H3. The Morgan fingerprint density at radius 3 is 2.67 bits per heavy atom. The fraction of sp³-hybridized carbons (Fsp3) is 0.600. The zero-order valence-electron chi connectivity index (χ0n) is 12.2. The number of carbonyl (C=O) groups excluding carboxylic acids is 2. The summed E-state index contributed by atoms with van der Waals surface area (Å²) in [7, 11) is 0. The molecule has 0 bridgehead atoms. The van der Waals surface area contributed by atoms with E-state index in [-0.39, 0.29) is 24.5 Å². The molecule has 2 aliphatic carbocycles. The highest BCUT2D eigenvalue weighted by atomic mass is 16.5. The van der Waals surface area contributed by atoms with E-state index in [2.05, 4.69) is 0 Å². The summed E-state index contributed by atoms with van der Waals surface area (Å²) in [6.45, 7) is 2.12. The van der Waals surface area contributed by atoms with Gasteiger partial charge in [0, 0.05) is 18.3 Å². The number of anilines is 1. The molecular formula is C15H21N3O3. The van der Waals surface area contributed by atoms with Gasteiger partial charge in [0.05, 0.1) is 12.3 Å². The summed E-state index contributed by atoms with van der Waals surface area (Å²) in [5.74, 6) is -0.468. The summed E-state index contributed by atoms with van der Waals surface area (Å²) in [6, 6.07) is 2.25. The molecule has 0 atom stereocenters. The number of nitrogen functional groups attached to an aromatic ring is 1. The number of hydrogen-bond acceptors (Lipinski definition) is 4. The molecule has 0 unspecified atom stereocenters. The van der Waals surface area contributed by atoms with E-state index in [9.17, 15) is 9.59 Å². The van der Waals surface area contributed by atoms with Crippen LogP contribution in [0.1, 0.15) is 49.1 Å². The molecule has 0 radical (unpaired) electrons. The quantitative estimate of drug-likeness (QED) is 0.807. The lowest BCUT2D eigenvalue weighted by Crippen LogP contribution is -2.39. The zero-order valence-corrected chi connectivity index (χ0v) is 12.2. The van der Waals surface area contributed by atoms with Crippen LogP contribution in [0.15, 0.2) is 12.3 Å². The van der Waals surface area contributed by atoms with E-state index in [0.29, 0.717) is 24.0 Å². The molecule has 1 heterocycles. The van der Waals surface area contributed by atoms with Gasteiger partial charge in [-0.25, -0.2) is 0 Å². The van der Waals surface area contributed by atoms with Crippen molar-refractivity contribution in [1.82, 2.24) is 9.47 Å². The second kappa shape index (κ2) is 5.42.